The van der Waals surface area contributed by atoms with Crippen molar-refractivity contribution >= 4 is 40.7 Å². The van der Waals surface area contributed by atoms with Crippen molar-refractivity contribution < 1.29 is 0 Å². The monoisotopic (exact) mass is 331 g/mol. The van der Waals surface area contributed by atoms with Crippen molar-refractivity contribution in [3.8, 4) is 0 Å². The minimum Gasteiger partial charge on any atom is -0.357 e. The van der Waals surface area contributed by atoms with Gasteiger partial charge in [0.2, 0.25) is 0 Å². The molecule has 2 N–H and O–H groups in total. The van der Waals surface area contributed by atoms with Crippen LogP contribution in [0.25, 0.3) is 0 Å². The van der Waals surface area contributed by atoms with Gasteiger partial charge in [0.1, 0.15) is 0 Å². The maximum absolute atomic E-state index is 5.93. The van der Waals surface area contributed by atoms with Crippen LogP contribution in [0.4, 0.5) is 0 Å². The number of nitrogens with one attached hydrogen (secondary N) is 2. The van der Waals surface area contributed by atoms with Gasteiger partial charge in [-0.15, -0.1) is 11.3 Å². The van der Waals surface area contributed by atoms with Crippen LogP contribution >= 0.6 is 34.7 Å². The number of aliphatic imine (C=N–C) groups is 1. The molecule has 1 aromatic heterocycles. The molecular formula is C14H22ClN3S2. The Hall–Kier alpha value is -0.390. The average molecular weight is 332 g/mol. The second kappa shape index (κ2) is 8.80. The van der Waals surface area contributed by atoms with Crippen molar-refractivity contribution in [2.45, 2.75) is 31.4 Å². The molecule has 1 aliphatic heterocycles. The van der Waals surface area contributed by atoms with Crippen LogP contribution in [0, 0.1) is 0 Å². The molecule has 1 atom stereocenters. The first kappa shape index (κ1) is 16.0. The number of rotatable bonds is 6. The fourth-order valence-corrected chi connectivity index (χ4v) is 4.38. The molecule has 0 spiro atoms. The number of hydrogen-bond donors (Lipinski definition) is 2. The smallest absolute Gasteiger partial charge is 0.191 e. The molecule has 112 valence electrons. The van der Waals surface area contributed by atoms with E-state index in [0.29, 0.717) is 5.25 Å². The topological polar surface area (TPSA) is 36.4 Å². The summed E-state index contributed by atoms with van der Waals surface area (Å²) in [5, 5.41) is 7.41. The van der Waals surface area contributed by atoms with Gasteiger partial charge in [-0.25, -0.2) is 0 Å². The number of thiophene rings is 1. The second-order valence-electron chi connectivity index (χ2n) is 4.74. The van der Waals surface area contributed by atoms with Crippen LogP contribution in [0.2, 0.25) is 4.34 Å². The molecule has 0 aromatic carbocycles. The van der Waals surface area contributed by atoms with Gasteiger partial charge >= 0.3 is 0 Å². The minimum atomic E-state index is 0.710. The van der Waals surface area contributed by atoms with E-state index in [4.69, 9.17) is 11.6 Å². The summed E-state index contributed by atoms with van der Waals surface area (Å²) in [5.41, 5.74) is 0. The van der Waals surface area contributed by atoms with Gasteiger partial charge in [-0.3, -0.25) is 4.99 Å². The molecule has 1 aromatic rings. The summed E-state index contributed by atoms with van der Waals surface area (Å²) in [5.74, 6) is 2.23. The lowest BCUT2D eigenvalue weighted by Gasteiger charge is -2.12. The Kier molecular flexibility index (Phi) is 7.03. The third kappa shape index (κ3) is 5.54. The molecule has 0 radical (unpaired) electrons. The molecule has 2 rings (SSSR count). The summed E-state index contributed by atoms with van der Waals surface area (Å²) in [7, 11) is 0. The number of nitrogens with zero attached hydrogens (tertiary/aromatic N) is 1. The summed E-state index contributed by atoms with van der Waals surface area (Å²) in [6.45, 7) is 4.81. The van der Waals surface area contributed by atoms with Crippen LogP contribution < -0.4 is 10.6 Å². The van der Waals surface area contributed by atoms with E-state index in [9.17, 15) is 0 Å². The summed E-state index contributed by atoms with van der Waals surface area (Å²) in [6, 6.07) is 4.05. The Balaban J connectivity index is 1.74. The van der Waals surface area contributed by atoms with Crippen molar-refractivity contribution in [2.75, 3.05) is 25.4 Å². The quantitative estimate of drug-likeness (QED) is 0.619. The summed E-state index contributed by atoms with van der Waals surface area (Å²) in [6.07, 6.45) is 3.63. The molecule has 1 saturated heterocycles. The molecule has 1 aliphatic rings. The molecule has 6 heteroatoms. The maximum Gasteiger partial charge on any atom is 0.191 e. The number of guanidine groups is 1. The van der Waals surface area contributed by atoms with Gasteiger partial charge in [-0.1, -0.05) is 11.6 Å². The highest BCUT2D eigenvalue weighted by Crippen LogP contribution is 2.26. The Labute approximate surface area is 134 Å². The van der Waals surface area contributed by atoms with Gasteiger partial charge < -0.3 is 10.6 Å². The number of thioether (sulfide) groups is 1. The van der Waals surface area contributed by atoms with E-state index < -0.39 is 0 Å². The fourth-order valence-electron chi connectivity index (χ4n) is 2.11. The molecule has 1 fully saturated rings. The van der Waals surface area contributed by atoms with Crippen molar-refractivity contribution in [3.05, 3.63) is 21.3 Å². The van der Waals surface area contributed by atoms with E-state index in [0.717, 1.165) is 36.4 Å². The molecule has 20 heavy (non-hydrogen) atoms. The largest absolute Gasteiger partial charge is 0.357 e. The molecule has 0 bridgehead atoms. The first-order valence-corrected chi connectivity index (χ1v) is 9.40. The summed E-state index contributed by atoms with van der Waals surface area (Å²) < 4.78 is 0.860. The predicted molar refractivity (Wildman–Crippen MR) is 92.5 cm³/mol. The normalized spacial score (nSPS) is 19.3. The Morgan fingerprint density at radius 1 is 1.45 bits per heavy atom. The average Bonchev–Trinajstić information content (AvgIpc) is 3.08. The van der Waals surface area contributed by atoms with Crippen molar-refractivity contribution in [1.29, 1.82) is 0 Å². The Bertz CT molecular complexity index is 428. The second-order valence-corrected chi connectivity index (χ2v) is 7.95. The van der Waals surface area contributed by atoms with Gasteiger partial charge in [-0.2, -0.15) is 11.8 Å². The first-order valence-electron chi connectivity index (χ1n) is 7.16. The maximum atomic E-state index is 5.93. The lowest BCUT2D eigenvalue weighted by Crippen LogP contribution is -2.38. The van der Waals surface area contributed by atoms with Crippen LogP contribution in [0.15, 0.2) is 17.1 Å². The molecule has 1 unspecified atom stereocenters. The fraction of sp³-hybridized carbons (Fsp3) is 0.643. The van der Waals surface area contributed by atoms with Gasteiger partial charge in [0.15, 0.2) is 5.96 Å². The zero-order valence-corrected chi connectivity index (χ0v) is 14.2. The van der Waals surface area contributed by atoms with Gasteiger partial charge in [0.25, 0.3) is 0 Å². The molecular weight excluding hydrogens is 310 g/mol. The van der Waals surface area contributed by atoms with Crippen LogP contribution in [0.3, 0.4) is 0 Å². The number of hydrogen-bond acceptors (Lipinski definition) is 3. The molecule has 0 amide bonds. The predicted octanol–water partition coefficient (Wildman–Crippen LogP) is 3.39. The van der Waals surface area contributed by atoms with E-state index in [2.05, 4.69) is 40.4 Å². The third-order valence-corrected chi connectivity index (χ3v) is 5.79. The van der Waals surface area contributed by atoms with Crippen LogP contribution in [-0.4, -0.2) is 36.6 Å². The van der Waals surface area contributed by atoms with Crippen molar-refractivity contribution in [3.63, 3.8) is 0 Å². The van der Waals surface area contributed by atoms with Crippen LogP contribution in [0.1, 0.15) is 24.6 Å². The van der Waals surface area contributed by atoms with Crippen molar-refractivity contribution in [2.24, 2.45) is 4.99 Å². The third-order valence-electron chi connectivity index (χ3n) is 3.11. The highest BCUT2D eigenvalue weighted by atomic mass is 35.5. The van der Waals surface area contributed by atoms with Gasteiger partial charge in [0, 0.05) is 23.2 Å². The van der Waals surface area contributed by atoms with E-state index >= 15 is 0 Å². The highest BCUT2D eigenvalue weighted by Gasteiger charge is 2.14. The molecule has 0 aliphatic carbocycles. The zero-order valence-electron chi connectivity index (χ0n) is 11.8. The highest BCUT2D eigenvalue weighted by molar-refractivity contribution is 8.00. The minimum absolute atomic E-state index is 0.710. The van der Waals surface area contributed by atoms with Gasteiger partial charge in [0.05, 0.1) is 10.9 Å². The zero-order chi connectivity index (χ0) is 14.2. The molecule has 3 nitrogen and oxygen atoms in total. The van der Waals surface area contributed by atoms with E-state index in [1.165, 1.54) is 23.5 Å². The van der Waals surface area contributed by atoms with E-state index in [-0.39, 0.29) is 0 Å². The Morgan fingerprint density at radius 3 is 3.00 bits per heavy atom. The molecule has 0 saturated carbocycles. The lowest BCUT2D eigenvalue weighted by atomic mass is 10.2. The first-order chi connectivity index (χ1) is 9.78. The summed E-state index contributed by atoms with van der Waals surface area (Å²) in [4.78, 5) is 5.99. The molecule has 2 heterocycles. The van der Waals surface area contributed by atoms with E-state index in [1.54, 1.807) is 11.3 Å². The number of halogens is 1. The van der Waals surface area contributed by atoms with E-state index in [1.807, 2.05) is 6.07 Å². The SMILES string of the molecule is CCNC(=NCC1CCCS1)NCCc1ccc(Cl)s1. The standard InChI is InChI=1S/C14H22ClN3S2/c1-2-16-14(18-10-12-4-3-9-19-12)17-8-7-11-5-6-13(15)20-11/h5-6,12H,2-4,7-10H2,1H3,(H2,16,17,18). The summed E-state index contributed by atoms with van der Waals surface area (Å²) >= 11 is 9.63. The van der Waals surface area contributed by atoms with Crippen LogP contribution in [-0.2, 0) is 6.42 Å². The lowest BCUT2D eigenvalue weighted by molar-refractivity contribution is 0.762. The van der Waals surface area contributed by atoms with Crippen molar-refractivity contribution in [1.82, 2.24) is 10.6 Å². The van der Waals surface area contributed by atoms with Crippen LogP contribution in [0.5, 0.6) is 0 Å². The van der Waals surface area contributed by atoms with Gasteiger partial charge in [-0.05, 0) is 44.1 Å². The Morgan fingerprint density at radius 2 is 2.35 bits per heavy atom.